The lowest BCUT2D eigenvalue weighted by Crippen LogP contribution is -2.37. The summed E-state index contributed by atoms with van der Waals surface area (Å²) >= 11 is 0. The molecular weight excluding hydrogens is 426 g/mol. The topological polar surface area (TPSA) is 115 Å². The predicted molar refractivity (Wildman–Crippen MR) is 121 cm³/mol. The average molecular weight is 453 g/mol. The van der Waals surface area contributed by atoms with Crippen LogP contribution in [0, 0.1) is 0 Å². The molecular formula is C24H27N3O6. The molecule has 0 saturated carbocycles. The Bertz CT molecular complexity index is 1000. The minimum absolute atomic E-state index is 0.167. The molecule has 2 N–H and O–H groups in total. The molecule has 1 aliphatic carbocycles. The minimum Gasteiger partial charge on any atom is -0.484 e. The number of esters is 1. The van der Waals surface area contributed by atoms with Crippen LogP contribution in [0.15, 0.2) is 47.6 Å². The van der Waals surface area contributed by atoms with Gasteiger partial charge < -0.3 is 19.5 Å². The molecule has 9 nitrogen and oxygen atoms in total. The lowest BCUT2D eigenvalue weighted by atomic mass is 9.92. The SMILES string of the molecule is COC(=O)COc1ccc(C=NNC(=O)CNC(=O)COc2ccc3c(c2)CCCC3)cc1. The molecule has 33 heavy (non-hydrogen) atoms. The summed E-state index contributed by atoms with van der Waals surface area (Å²) in [7, 11) is 1.29. The van der Waals surface area contributed by atoms with E-state index in [4.69, 9.17) is 9.47 Å². The zero-order chi connectivity index (χ0) is 23.5. The first-order valence-corrected chi connectivity index (χ1v) is 10.7. The standard InChI is InChI=1S/C24H27N3O6/c1-31-24(30)16-33-20-9-6-17(7-10-20)13-26-27-22(28)14-25-23(29)15-32-21-11-8-18-4-2-3-5-19(18)12-21/h6-13H,2-5,14-16H2,1H3,(H,25,29)(H,27,28). The van der Waals surface area contributed by atoms with Gasteiger partial charge in [0.15, 0.2) is 13.2 Å². The van der Waals surface area contributed by atoms with E-state index in [9.17, 15) is 14.4 Å². The monoisotopic (exact) mass is 453 g/mol. The lowest BCUT2D eigenvalue weighted by molar-refractivity contribution is -0.142. The fraction of sp³-hybridized carbons (Fsp3) is 0.333. The van der Waals surface area contributed by atoms with Gasteiger partial charge in [0, 0.05) is 0 Å². The third-order valence-electron chi connectivity index (χ3n) is 5.00. The van der Waals surface area contributed by atoms with E-state index in [-0.39, 0.29) is 19.8 Å². The molecule has 0 spiro atoms. The third kappa shape index (κ3) is 7.95. The maximum atomic E-state index is 12.0. The maximum Gasteiger partial charge on any atom is 0.343 e. The number of rotatable bonds is 10. The first-order chi connectivity index (χ1) is 16.0. The Hall–Kier alpha value is -3.88. The van der Waals surface area contributed by atoms with E-state index in [1.165, 1.54) is 37.3 Å². The molecule has 1 aliphatic rings. The summed E-state index contributed by atoms with van der Waals surface area (Å²) in [5.74, 6) is -0.176. The number of aryl methyl sites for hydroxylation is 2. The Balaban J connectivity index is 1.34. The van der Waals surface area contributed by atoms with Crippen molar-refractivity contribution in [2.24, 2.45) is 5.10 Å². The van der Waals surface area contributed by atoms with Crippen molar-refractivity contribution in [3.05, 3.63) is 59.2 Å². The van der Waals surface area contributed by atoms with Gasteiger partial charge in [-0.3, -0.25) is 9.59 Å². The van der Waals surface area contributed by atoms with Gasteiger partial charge in [-0.1, -0.05) is 6.07 Å². The molecule has 2 aromatic carbocycles. The van der Waals surface area contributed by atoms with Gasteiger partial charge in [-0.2, -0.15) is 5.10 Å². The van der Waals surface area contributed by atoms with Crippen LogP contribution in [0.2, 0.25) is 0 Å². The molecule has 0 bridgehead atoms. The highest BCUT2D eigenvalue weighted by molar-refractivity contribution is 5.86. The summed E-state index contributed by atoms with van der Waals surface area (Å²) in [5.41, 5.74) is 5.67. The predicted octanol–water partition coefficient (Wildman–Crippen LogP) is 1.76. The quantitative estimate of drug-likeness (QED) is 0.322. The highest BCUT2D eigenvalue weighted by Gasteiger charge is 2.11. The maximum absolute atomic E-state index is 12.0. The van der Waals surface area contributed by atoms with Crippen LogP contribution in [0.1, 0.15) is 29.5 Å². The van der Waals surface area contributed by atoms with Crippen molar-refractivity contribution in [1.29, 1.82) is 0 Å². The molecule has 0 fully saturated rings. The normalized spacial score (nSPS) is 12.5. The van der Waals surface area contributed by atoms with E-state index in [0.29, 0.717) is 17.1 Å². The smallest absolute Gasteiger partial charge is 0.343 e. The van der Waals surface area contributed by atoms with Crippen LogP contribution in [0.5, 0.6) is 11.5 Å². The number of carbonyl (C=O) groups excluding carboxylic acids is 3. The molecule has 0 aromatic heterocycles. The number of hydrogen-bond donors (Lipinski definition) is 2. The van der Waals surface area contributed by atoms with Crippen LogP contribution in [-0.2, 0) is 32.0 Å². The van der Waals surface area contributed by atoms with E-state index in [0.717, 1.165) is 12.8 Å². The van der Waals surface area contributed by atoms with E-state index < -0.39 is 17.8 Å². The Morgan fingerprint density at radius 2 is 1.61 bits per heavy atom. The van der Waals surface area contributed by atoms with Crippen molar-refractivity contribution >= 4 is 24.0 Å². The molecule has 2 aromatic rings. The summed E-state index contributed by atoms with van der Waals surface area (Å²) in [6, 6.07) is 12.7. The van der Waals surface area contributed by atoms with Gasteiger partial charge in [0.25, 0.3) is 11.8 Å². The number of hydrazone groups is 1. The number of ether oxygens (including phenoxy) is 3. The third-order valence-corrected chi connectivity index (χ3v) is 5.00. The number of hydrogen-bond acceptors (Lipinski definition) is 7. The van der Waals surface area contributed by atoms with E-state index in [1.807, 2.05) is 12.1 Å². The van der Waals surface area contributed by atoms with Crippen molar-refractivity contribution in [3.8, 4) is 11.5 Å². The first-order valence-electron chi connectivity index (χ1n) is 10.7. The van der Waals surface area contributed by atoms with Gasteiger partial charge in [0.2, 0.25) is 0 Å². The van der Waals surface area contributed by atoms with Gasteiger partial charge in [-0.15, -0.1) is 0 Å². The van der Waals surface area contributed by atoms with Gasteiger partial charge in [0.1, 0.15) is 11.5 Å². The molecule has 0 unspecified atom stereocenters. The first kappa shape index (κ1) is 23.8. The zero-order valence-electron chi connectivity index (χ0n) is 18.5. The van der Waals surface area contributed by atoms with E-state index >= 15 is 0 Å². The van der Waals surface area contributed by atoms with Gasteiger partial charge >= 0.3 is 5.97 Å². The van der Waals surface area contributed by atoms with Gasteiger partial charge in [0.05, 0.1) is 19.9 Å². The zero-order valence-corrected chi connectivity index (χ0v) is 18.5. The summed E-state index contributed by atoms with van der Waals surface area (Å²) < 4.78 is 15.3. The summed E-state index contributed by atoms with van der Waals surface area (Å²) in [6.07, 6.45) is 5.95. The number of nitrogens with one attached hydrogen (secondary N) is 2. The minimum atomic E-state index is -0.472. The molecule has 0 atom stereocenters. The largest absolute Gasteiger partial charge is 0.484 e. The molecule has 0 heterocycles. The summed E-state index contributed by atoms with van der Waals surface area (Å²) in [4.78, 5) is 34.9. The Labute approximate surface area is 192 Å². The molecule has 174 valence electrons. The molecule has 0 radical (unpaired) electrons. The summed E-state index contributed by atoms with van der Waals surface area (Å²) in [5, 5.41) is 6.34. The lowest BCUT2D eigenvalue weighted by Gasteiger charge is -2.16. The van der Waals surface area contributed by atoms with Crippen molar-refractivity contribution in [3.63, 3.8) is 0 Å². The highest BCUT2D eigenvalue weighted by atomic mass is 16.6. The second-order valence-corrected chi connectivity index (χ2v) is 7.43. The second kappa shape index (κ2) is 12.2. The number of methoxy groups -OCH3 is 1. The average Bonchev–Trinajstić information content (AvgIpc) is 2.85. The highest BCUT2D eigenvalue weighted by Crippen LogP contribution is 2.25. The number of fused-ring (bicyclic) bond motifs is 1. The number of amides is 2. The van der Waals surface area contributed by atoms with E-state index in [1.54, 1.807) is 24.3 Å². The van der Waals surface area contributed by atoms with Crippen molar-refractivity contribution < 1.29 is 28.6 Å². The number of benzene rings is 2. The Morgan fingerprint density at radius 3 is 2.36 bits per heavy atom. The van der Waals surface area contributed by atoms with Crippen LogP contribution in [0.25, 0.3) is 0 Å². The van der Waals surface area contributed by atoms with Crippen molar-refractivity contribution in [1.82, 2.24) is 10.7 Å². The van der Waals surface area contributed by atoms with Crippen LogP contribution >= 0.6 is 0 Å². The van der Waals surface area contributed by atoms with Crippen LogP contribution < -0.4 is 20.2 Å². The molecule has 0 saturated heterocycles. The Kier molecular flexibility index (Phi) is 8.81. The number of carbonyl (C=O) groups is 3. The molecule has 2 amide bonds. The molecule has 3 rings (SSSR count). The molecule has 0 aliphatic heterocycles. The Morgan fingerprint density at radius 1 is 0.909 bits per heavy atom. The second-order valence-electron chi connectivity index (χ2n) is 7.43. The van der Waals surface area contributed by atoms with Crippen LogP contribution in [0.4, 0.5) is 0 Å². The van der Waals surface area contributed by atoms with E-state index in [2.05, 4.69) is 26.6 Å². The fourth-order valence-corrected chi connectivity index (χ4v) is 3.25. The molecule has 9 heteroatoms. The number of nitrogens with zero attached hydrogens (tertiary/aromatic N) is 1. The van der Waals surface area contributed by atoms with Gasteiger partial charge in [-0.25, -0.2) is 10.2 Å². The summed E-state index contributed by atoms with van der Waals surface area (Å²) in [6.45, 7) is -0.562. The van der Waals surface area contributed by atoms with Crippen molar-refractivity contribution in [2.45, 2.75) is 25.7 Å². The van der Waals surface area contributed by atoms with Gasteiger partial charge in [-0.05, 0) is 78.8 Å². The van der Waals surface area contributed by atoms with Crippen LogP contribution in [-0.4, -0.2) is 50.9 Å². The van der Waals surface area contributed by atoms with Crippen molar-refractivity contribution in [2.75, 3.05) is 26.9 Å². The van der Waals surface area contributed by atoms with Crippen LogP contribution in [0.3, 0.4) is 0 Å². The fourth-order valence-electron chi connectivity index (χ4n) is 3.25.